The average molecular weight is 211 g/mol. The van der Waals surface area contributed by atoms with E-state index in [9.17, 15) is 4.79 Å². The summed E-state index contributed by atoms with van der Waals surface area (Å²) in [6.07, 6.45) is 0. The summed E-state index contributed by atoms with van der Waals surface area (Å²) in [4.78, 5) is 14.7. The lowest BCUT2D eigenvalue weighted by Crippen LogP contribution is -2.46. The summed E-state index contributed by atoms with van der Waals surface area (Å²) in [6.45, 7) is 4.03. The van der Waals surface area contributed by atoms with Gasteiger partial charge in [-0.15, -0.1) is 11.3 Å². The predicted molar refractivity (Wildman–Crippen MR) is 55.6 cm³/mol. The molecule has 0 spiro atoms. The van der Waals surface area contributed by atoms with Crippen molar-refractivity contribution in [3.8, 4) is 0 Å². The molecule has 0 aromatic carbocycles. The summed E-state index contributed by atoms with van der Waals surface area (Å²) in [5.74, 6) is 0.135. The van der Waals surface area contributed by atoms with Crippen molar-refractivity contribution in [2.24, 2.45) is 0 Å². The van der Waals surface area contributed by atoms with Gasteiger partial charge < -0.3 is 9.64 Å². The fourth-order valence-electron chi connectivity index (χ4n) is 1.57. The molecule has 0 radical (unpaired) electrons. The lowest BCUT2D eigenvalue weighted by atomic mass is 10.2. The Labute approximate surface area is 87.3 Å². The molecule has 0 bridgehead atoms. The number of carbonyl (C=O) groups excluding carboxylic acids is 1. The third-order valence-corrected chi connectivity index (χ3v) is 3.22. The van der Waals surface area contributed by atoms with Gasteiger partial charge in [-0.05, 0) is 18.4 Å². The Balaban J connectivity index is 2.10. The molecule has 3 nitrogen and oxygen atoms in total. The number of rotatable bonds is 1. The second kappa shape index (κ2) is 4.11. The minimum absolute atomic E-state index is 0.135. The van der Waals surface area contributed by atoms with Gasteiger partial charge in [-0.2, -0.15) is 0 Å². The normalized spacial score (nSPS) is 22.4. The Kier molecular flexibility index (Phi) is 2.84. The average Bonchev–Trinajstić information content (AvgIpc) is 2.70. The maximum Gasteiger partial charge on any atom is 0.264 e. The van der Waals surface area contributed by atoms with Gasteiger partial charge in [0.1, 0.15) is 0 Å². The molecular weight excluding hydrogens is 198 g/mol. The molecule has 2 rings (SSSR count). The lowest BCUT2D eigenvalue weighted by Gasteiger charge is -2.32. The van der Waals surface area contributed by atoms with Crippen molar-refractivity contribution in [2.75, 3.05) is 19.8 Å². The standard InChI is InChI=1S/C10H13NO2S/c1-8-7-13-5-4-11(8)10(12)9-3-2-6-14-9/h2-3,6,8H,4-5,7H2,1H3. The van der Waals surface area contributed by atoms with Crippen molar-refractivity contribution in [1.29, 1.82) is 0 Å². The smallest absolute Gasteiger partial charge is 0.264 e. The predicted octanol–water partition coefficient (Wildman–Crippen LogP) is 1.61. The first kappa shape index (κ1) is 9.68. The van der Waals surface area contributed by atoms with Gasteiger partial charge >= 0.3 is 0 Å². The van der Waals surface area contributed by atoms with Gasteiger partial charge in [0.15, 0.2) is 0 Å². The maximum atomic E-state index is 12.0. The van der Waals surface area contributed by atoms with Crippen LogP contribution in [0.25, 0.3) is 0 Å². The van der Waals surface area contributed by atoms with Crippen LogP contribution in [0.1, 0.15) is 16.6 Å². The Hall–Kier alpha value is -0.870. The first-order valence-corrected chi connectivity index (χ1v) is 5.59. The van der Waals surface area contributed by atoms with E-state index in [2.05, 4.69) is 0 Å². The molecule has 1 atom stereocenters. The fourth-order valence-corrected chi connectivity index (χ4v) is 2.25. The molecule has 1 aromatic rings. The first-order chi connectivity index (χ1) is 6.79. The lowest BCUT2D eigenvalue weighted by molar-refractivity contribution is 0.00387. The summed E-state index contributed by atoms with van der Waals surface area (Å²) in [5, 5.41) is 1.93. The maximum absolute atomic E-state index is 12.0. The zero-order valence-corrected chi connectivity index (χ0v) is 8.92. The molecule has 1 saturated heterocycles. The van der Waals surface area contributed by atoms with Crippen molar-refractivity contribution < 1.29 is 9.53 Å². The molecule has 0 saturated carbocycles. The van der Waals surface area contributed by atoms with E-state index in [0.717, 1.165) is 4.88 Å². The molecule has 1 fully saturated rings. The van der Waals surface area contributed by atoms with Crippen LogP contribution in [-0.2, 0) is 4.74 Å². The highest BCUT2D eigenvalue weighted by molar-refractivity contribution is 7.12. The van der Waals surface area contributed by atoms with E-state index < -0.39 is 0 Å². The highest BCUT2D eigenvalue weighted by Gasteiger charge is 2.24. The molecule has 1 unspecified atom stereocenters. The summed E-state index contributed by atoms with van der Waals surface area (Å²) in [7, 11) is 0. The second-order valence-electron chi connectivity index (χ2n) is 3.40. The number of hydrogen-bond donors (Lipinski definition) is 0. The monoisotopic (exact) mass is 211 g/mol. The number of thiophene rings is 1. The van der Waals surface area contributed by atoms with Gasteiger partial charge in [0.25, 0.3) is 5.91 Å². The molecule has 76 valence electrons. The second-order valence-corrected chi connectivity index (χ2v) is 4.35. The van der Waals surface area contributed by atoms with Gasteiger partial charge in [-0.3, -0.25) is 4.79 Å². The Morgan fingerprint density at radius 3 is 3.21 bits per heavy atom. The Bertz CT molecular complexity index is 310. The van der Waals surface area contributed by atoms with E-state index in [1.54, 1.807) is 0 Å². The van der Waals surface area contributed by atoms with Crippen LogP contribution < -0.4 is 0 Å². The van der Waals surface area contributed by atoms with E-state index in [1.807, 2.05) is 29.3 Å². The molecule has 14 heavy (non-hydrogen) atoms. The van der Waals surface area contributed by atoms with Crippen LogP contribution in [0.15, 0.2) is 17.5 Å². The summed E-state index contributed by atoms with van der Waals surface area (Å²) < 4.78 is 5.29. The van der Waals surface area contributed by atoms with Gasteiger partial charge in [-0.1, -0.05) is 6.07 Å². The van der Waals surface area contributed by atoms with Crippen LogP contribution >= 0.6 is 11.3 Å². The van der Waals surface area contributed by atoms with Crippen LogP contribution in [0.5, 0.6) is 0 Å². The van der Waals surface area contributed by atoms with Crippen LogP contribution in [0.3, 0.4) is 0 Å². The van der Waals surface area contributed by atoms with E-state index in [0.29, 0.717) is 19.8 Å². The van der Waals surface area contributed by atoms with Crippen molar-refractivity contribution in [1.82, 2.24) is 4.90 Å². The molecule has 1 aliphatic heterocycles. The number of nitrogens with zero attached hydrogens (tertiary/aromatic N) is 1. The largest absolute Gasteiger partial charge is 0.377 e. The minimum atomic E-state index is 0.135. The van der Waals surface area contributed by atoms with Crippen molar-refractivity contribution in [3.63, 3.8) is 0 Å². The van der Waals surface area contributed by atoms with Crippen molar-refractivity contribution in [3.05, 3.63) is 22.4 Å². The SMILES string of the molecule is CC1COCCN1C(=O)c1cccs1. The molecule has 4 heteroatoms. The van der Waals surface area contributed by atoms with E-state index in [4.69, 9.17) is 4.74 Å². The van der Waals surface area contributed by atoms with Crippen molar-refractivity contribution in [2.45, 2.75) is 13.0 Å². The quantitative estimate of drug-likeness (QED) is 0.706. The minimum Gasteiger partial charge on any atom is -0.377 e. The van der Waals surface area contributed by atoms with E-state index in [1.165, 1.54) is 11.3 Å². The summed E-state index contributed by atoms with van der Waals surface area (Å²) in [6, 6.07) is 3.97. The Morgan fingerprint density at radius 2 is 2.57 bits per heavy atom. The van der Waals surface area contributed by atoms with Gasteiger partial charge in [0.2, 0.25) is 0 Å². The highest BCUT2D eigenvalue weighted by atomic mass is 32.1. The third-order valence-electron chi connectivity index (χ3n) is 2.36. The topological polar surface area (TPSA) is 29.5 Å². The molecule has 0 N–H and O–H groups in total. The molecule has 0 aliphatic carbocycles. The molecule has 1 aliphatic rings. The number of amides is 1. The number of carbonyl (C=O) groups is 1. The third kappa shape index (κ3) is 1.81. The van der Waals surface area contributed by atoms with Gasteiger partial charge in [-0.25, -0.2) is 0 Å². The van der Waals surface area contributed by atoms with Crippen LogP contribution in [-0.4, -0.2) is 36.6 Å². The molecule has 2 heterocycles. The zero-order valence-electron chi connectivity index (χ0n) is 8.10. The van der Waals surface area contributed by atoms with Crippen LogP contribution in [0.2, 0.25) is 0 Å². The van der Waals surface area contributed by atoms with Crippen LogP contribution in [0, 0.1) is 0 Å². The highest BCUT2D eigenvalue weighted by Crippen LogP contribution is 2.15. The fraction of sp³-hybridized carbons (Fsp3) is 0.500. The van der Waals surface area contributed by atoms with Crippen molar-refractivity contribution >= 4 is 17.2 Å². The number of morpholine rings is 1. The summed E-state index contributed by atoms with van der Waals surface area (Å²) in [5.41, 5.74) is 0. The molecule has 1 amide bonds. The van der Waals surface area contributed by atoms with Gasteiger partial charge in [0.05, 0.1) is 24.1 Å². The van der Waals surface area contributed by atoms with E-state index in [-0.39, 0.29) is 11.9 Å². The number of ether oxygens (including phenoxy) is 1. The molecular formula is C10H13NO2S. The zero-order chi connectivity index (χ0) is 9.97. The Morgan fingerprint density at radius 1 is 1.71 bits per heavy atom. The summed E-state index contributed by atoms with van der Waals surface area (Å²) >= 11 is 1.49. The van der Waals surface area contributed by atoms with Crippen LogP contribution in [0.4, 0.5) is 0 Å². The van der Waals surface area contributed by atoms with Gasteiger partial charge in [0, 0.05) is 6.54 Å². The number of hydrogen-bond acceptors (Lipinski definition) is 3. The molecule has 1 aromatic heterocycles. The van der Waals surface area contributed by atoms with E-state index >= 15 is 0 Å². The first-order valence-electron chi connectivity index (χ1n) is 4.71.